The van der Waals surface area contributed by atoms with Gasteiger partial charge in [0.25, 0.3) is 9.84 Å². The fraction of sp³-hybridized carbons (Fsp3) is 0.143. The summed E-state index contributed by atoms with van der Waals surface area (Å²) in [7, 11) is -10.2. The fourth-order valence-electron chi connectivity index (χ4n) is 0.828. The molecule has 0 saturated heterocycles. The minimum atomic E-state index is -10.2. The maximum atomic E-state index is 12.7. The SMILES string of the molecule is FC(F)(F)S(F)(F)(F)(F)c1ccccc1. The molecule has 15 heavy (non-hydrogen) atoms. The zero-order chi connectivity index (χ0) is 12.0. The summed E-state index contributed by atoms with van der Waals surface area (Å²) in [5, 5.41) is 0. The molecule has 1 aromatic carbocycles. The van der Waals surface area contributed by atoms with Crippen LogP contribution in [0, 0.1) is 0 Å². The molecule has 0 aliphatic heterocycles. The maximum absolute atomic E-state index is 12.7. The van der Waals surface area contributed by atoms with E-state index in [4.69, 9.17) is 0 Å². The van der Waals surface area contributed by atoms with Gasteiger partial charge in [0.05, 0.1) is 4.90 Å². The first kappa shape index (κ1) is 12.2. The van der Waals surface area contributed by atoms with Crippen LogP contribution in [0.2, 0.25) is 0 Å². The smallest absolute Gasteiger partial charge is 0.155 e. The van der Waals surface area contributed by atoms with Gasteiger partial charge in [0.2, 0.25) is 0 Å². The largest absolute Gasteiger partial charge is 0.510 e. The molecule has 0 spiro atoms. The molecule has 0 atom stereocenters. The molecule has 0 aliphatic carbocycles. The van der Waals surface area contributed by atoms with Gasteiger partial charge in [-0.1, -0.05) is 18.2 Å². The van der Waals surface area contributed by atoms with Gasteiger partial charge < -0.3 is 0 Å². The number of alkyl halides is 3. The number of hydrogen-bond donors (Lipinski definition) is 0. The van der Waals surface area contributed by atoms with Crippen molar-refractivity contribution in [2.24, 2.45) is 0 Å². The molecule has 0 amide bonds. The summed E-state index contributed by atoms with van der Waals surface area (Å²) in [6.45, 7) is 0. The molecule has 0 heterocycles. The summed E-state index contributed by atoms with van der Waals surface area (Å²) in [6.07, 6.45) is 0. The Morgan fingerprint density at radius 2 is 1.20 bits per heavy atom. The van der Waals surface area contributed by atoms with E-state index in [1.54, 1.807) is 0 Å². The number of benzene rings is 1. The number of hydrogen-bond acceptors (Lipinski definition) is 0. The second kappa shape index (κ2) is 2.42. The maximum Gasteiger partial charge on any atom is 0.510 e. The van der Waals surface area contributed by atoms with Crippen molar-refractivity contribution >= 4 is 9.84 Å². The Morgan fingerprint density at radius 1 is 0.800 bits per heavy atom. The van der Waals surface area contributed by atoms with Crippen molar-refractivity contribution in [3.63, 3.8) is 0 Å². The lowest BCUT2D eigenvalue weighted by Crippen LogP contribution is -2.32. The third-order valence-electron chi connectivity index (χ3n) is 1.68. The van der Waals surface area contributed by atoms with Crippen LogP contribution < -0.4 is 0 Å². The van der Waals surface area contributed by atoms with Crippen LogP contribution >= 0.6 is 9.84 Å². The molecule has 8 heteroatoms. The zero-order valence-electron chi connectivity index (χ0n) is 6.94. The minimum absolute atomic E-state index is 0.0645. The molecule has 1 aromatic rings. The summed E-state index contributed by atoms with van der Waals surface area (Å²) in [5.74, 6) is 0. The van der Waals surface area contributed by atoms with Gasteiger partial charge in [-0.3, -0.25) is 0 Å². The lowest BCUT2D eigenvalue weighted by molar-refractivity contribution is -0.0709. The van der Waals surface area contributed by atoms with Crippen LogP contribution in [-0.2, 0) is 0 Å². The van der Waals surface area contributed by atoms with Gasteiger partial charge in [-0.2, -0.15) is 13.2 Å². The monoisotopic (exact) mass is 254 g/mol. The molecule has 88 valence electrons. The average molecular weight is 254 g/mol. The highest BCUT2D eigenvalue weighted by molar-refractivity contribution is 8.50. The molecule has 0 unspecified atom stereocenters. The zero-order valence-corrected chi connectivity index (χ0v) is 7.76. The van der Waals surface area contributed by atoms with Crippen LogP contribution in [0.4, 0.5) is 28.7 Å². The fourth-order valence-corrected chi connectivity index (χ4v) is 1.80. The Labute approximate surface area is 80.1 Å². The Morgan fingerprint density at radius 3 is 1.53 bits per heavy atom. The van der Waals surface area contributed by atoms with Crippen LogP contribution in [0.3, 0.4) is 0 Å². The number of halogens is 7. The van der Waals surface area contributed by atoms with E-state index in [-0.39, 0.29) is 12.1 Å². The van der Waals surface area contributed by atoms with Crippen LogP contribution in [0.5, 0.6) is 0 Å². The molecule has 0 aromatic heterocycles. The van der Waals surface area contributed by atoms with Gasteiger partial charge in [-0.25, -0.2) is 0 Å². The quantitative estimate of drug-likeness (QED) is 0.620. The number of rotatable bonds is 1. The summed E-state index contributed by atoms with van der Waals surface area (Å²) < 4.78 is 86.3. The Kier molecular flexibility index (Phi) is 1.96. The highest BCUT2D eigenvalue weighted by Gasteiger charge is 2.84. The molecule has 0 fully saturated rings. The van der Waals surface area contributed by atoms with Crippen LogP contribution in [-0.4, -0.2) is 5.51 Å². The molecule has 0 nitrogen and oxygen atoms in total. The molecule has 1 rings (SSSR count). The van der Waals surface area contributed by atoms with E-state index in [1.165, 1.54) is 0 Å². The third-order valence-corrected chi connectivity index (χ3v) is 3.83. The Hall–Kier alpha value is -0.920. The second-order valence-electron chi connectivity index (χ2n) is 2.83. The standard InChI is InChI=1S/C7H5F7S/c8-7(9,10)15(11,12,13,14)6-4-2-1-3-5-6/h1-5H. The van der Waals surface area contributed by atoms with Crippen molar-refractivity contribution in [1.29, 1.82) is 0 Å². The van der Waals surface area contributed by atoms with Gasteiger partial charge in [-0.15, -0.1) is 15.5 Å². The van der Waals surface area contributed by atoms with Gasteiger partial charge >= 0.3 is 5.51 Å². The van der Waals surface area contributed by atoms with E-state index in [0.717, 1.165) is 6.07 Å². The lowest BCUT2D eigenvalue weighted by Gasteiger charge is -2.50. The normalized spacial score (nSPS) is 18.1. The van der Waals surface area contributed by atoms with Crippen molar-refractivity contribution in [1.82, 2.24) is 0 Å². The summed E-state index contributed by atoms with van der Waals surface area (Å²) in [6, 6.07) is 2.58. The van der Waals surface area contributed by atoms with E-state index in [1.807, 2.05) is 0 Å². The molecular formula is C7H5F7S. The van der Waals surface area contributed by atoms with Crippen molar-refractivity contribution in [2.45, 2.75) is 10.4 Å². The molecule has 0 radical (unpaired) electrons. The van der Waals surface area contributed by atoms with Gasteiger partial charge in [-0.05, 0) is 12.1 Å². The Bertz CT molecular complexity index is 372. The average Bonchev–Trinajstić information content (AvgIpc) is 2.02. The van der Waals surface area contributed by atoms with Gasteiger partial charge in [0.1, 0.15) is 0 Å². The molecule has 0 saturated carbocycles. The predicted octanol–water partition coefficient (Wildman–Crippen LogP) is 4.98. The second-order valence-corrected chi connectivity index (χ2v) is 5.90. The van der Waals surface area contributed by atoms with E-state index in [0.29, 0.717) is 12.1 Å². The summed E-state index contributed by atoms with van der Waals surface area (Å²) in [5.41, 5.74) is -6.87. The first-order chi connectivity index (χ1) is 6.39. The van der Waals surface area contributed by atoms with Gasteiger partial charge in [0, 0.05) is 0 Å². The minimum Gasteiger partial charge on any atom is -0.155 e. The summed E-state index contributed by atoms with van der Waals surface area (Å²) >= 11 is 0. The molecule has 0 N–H and O–H groups in total. The van der Waals surface area contributed by atoms with Crippen LogP contribution in [0.15, 0.2) is 35.2 Å². The van der Waals surface area contributed by atoms with Crippen molar-refractivity contribution in [3.05, 3.63) is 30.3 Å². The van der Waals surface area contributed by atoms with Crippen molar-refractivity contribution < 1.29 is 28.7 Å². The molecular weight excluding hydrogens is 249 g/mol. The van der Waals surface area contributed by atoms with E-state index in [9.17, 15) is 28.7 Å². The van der Waals surface area contributed by atoms with E-state index < -0.39 is 20.2 Å². The first-order valence-corrected chi connectivity index (χ1v) is 5.55. The highest BCUT2D eigenvalue weighted by Crippen LogP contribution is 3.06. The van der Waals surface area contributed by atoms with Crippen LogP contribution in [0.25, 0.3) is 0 Å². The first-order valence-electron chi connectivity index (χ1n) is 3.50. The lowest BCUT2D eigenvalue weighted by atomic mass is 10.4. The van der Waals surface area contributed by atoms with Gasteiger partial charge in [0.15, 0.2) is 0 Å². The van der Waals surface area contributed by atoms with Crippen molar-refractivity contribution in [2.75, 3.05) is 0 Å². The molecule has 0 bridgehead atoms. The predicted molar refractivity (Wildman–Crippen MR) is 42.8 cm³/mol. The molecule has 0 aliphatic rings. The van der Waals surface area contributed by atoms with Crippen molar-refractivity contribution in [3.8, 4) is 0 Å². The van der Waals surface area contributed by atoms with Crippen LogP contribution in [0.1, 0.15) is 0 Å². The van der Waals surface area contributed by atoms with E-state index in [2.05, 4.69) is 0 Å². The Balaban J connectivity index is 3.58. The van der Waals surface area contributed by atoms with E-state index >= 15 is 0 Å². The highest BCUT2D eigenvalue weighted by atomic mass is 32.5. The third kappa shape index (κ3) is 1.56. The topological polar surface area (TPSA) is 0 Å². The summed E-state index contributed by atoms with van der Waals surface area (Å²) in [4.78, 5) is -2.29.